The highest BCUT2D eigenvalue weighted by Gasteiger charge is 2.11. The predicted octanol–water partition coefficient (Wildman–Crippen LogP) is 5.47. The second-order valence-corrected chi connectivity index (χ2v) is 9.80. The Morgan fingerprint density at radius 1 is 0.872 bits per heavy atom. The minimum absolute atomic E-state index is 0.0363. The van der Waals surface area contributed by atoms with Gasteiger partial charge in [0.25, 0.3) is 0 Å². The van der Waals surface area contributed by atoms with Crippen molar-refractivity contribution in [3.8, 4) is 16.9 Å². The van der Waals surface area contributed by atoms with Crippen LogP contribution >= 0.6 is 0 Å². The molecule has 0 heterocycles. The van der Waals surface area contributed by atoms with E-state index >= 15 is 0 Å². The Hall–Kier alpha value is -3.23. The molecule has 39 heavy (non-hydrogen) atoms. The smallest absolute Gasteiger partial charge is 0.336 e. The Morgan fingerprint density at radius 3 is 2.44 bits per heavy atom. The number of rotatable bonds is 18. The largest absolute Gasteiger partial charge is 0.508 e. The van der Waals surface area contributed by atoms with Crippen LogP contribution in [0, 0.1) is 0 Å². The topological polar surface area (TPSA) is 119 Å². The number of ether oxygens (including phenoxy) is 1. The van der Waals surface area contributed by atoms with Gasteiger partial charge in [-0.3, -0.25) is 0 Å². The van der Waals surface area contributed by atoms with Gasteiger partial charge in [0, 0.05) is 25.3 Å². The zero-order chi connectivity index (χ0) is 27.9. The third-order valence-electron chi connectivity index (χ3n) is 6.79. The molecule has 0 radical (unpaired) electrons. The van der Waals surface area contributed by atoms with Gasteiger partial charge < -0.3 is 30.5 Å². The molecule has 7 nitrogen and oxygen atoms in total. The summed E-state index contributed by atoms with van der Waals surface area (Å²) in [6.07, 6.45) is 6.53. The van der Waals surface area contributed by atoms with Crippen LogP contribution in [0.5, 0.6) is 5.75 Å². The molecule has 0 aliphatic heterocycles. The lowest BCUT2D eigenvalue weighted by molar-refractivity contribution is 0.0697. The summed E-state index contributed by atoms with van der Waals surface area (Å²) in [5.41, 5.74) is 4.29. The van der Waals surface area contributed by atoms with E-state index in [4.69, 9.17) is 4.74 Å². The molecule has 0 unspecified atom stereocenters. The van der Waals surface area contributed by atoms with Crippen molar-refractivity contribution in [1.82, 2.24) is 5.32 Å². The van der Waals surface area contributed by atoms with Crippen molar-refractivity contribution in [2.75, 3.05) is 26.3 Å². The number of benzene rings is 3. The van der Waals surface area contributed by atoms with Crippen LogP contribution in [-0.4, -0.2) is 52.7 Å². The van der Waals surface area contributed by atoms with Crippen molar-refractivity contribution < 1.29 is 30.0 Å². The van der Waals surface area contributed by atoms with Crippen LogP contribution in [0.1, 0.15) is 71.7 Å². The van der Waals surface area contributed by atoms with Crippen molar-refractivity contribution >= 4 is 5.97 Å². The molecule has 3 aromatic rings. The first kappa shape index (κ1) is 30.3. The highest BCUT2D eigenvalue weighted by molar-refractivity contribution is 5.96. The molecule has 7 heteroatoms. The lowest BCUT2D eigenvalue weighted by atomic mass is 9.97. The van der Waals surface area contributed by atoms with E-state index in [0.29, 0.717) is 23.2 Å². The van der Waals surface area contributed by atoms with Gasteiger partial charge >= 0.3 is 5.97 Å². The summed E-state index contributed by atoms with van der Waals surface area (Å²) in [6.45, 7) is 2.51. The summed E-state index contributed by atoms with van der Waals surface area (Å²) >= 11 is 0. The lowest BCUT2D eigenvalue weighted by Crippen LogP contribution is -2.22. The van der Waals surface area contributed by atoms with E-state index in [1.807, 2.05) is 24.3 Å². The van der Waals surface area contributed by atoms with Gasteiger partial charge in [-0.1, -0.05) is 61.4 Å². The molecule has 0 spiro atoms. The van der Waals surface area contributed by atoms with E-state index in [-0.39, 0.29) is 12.4 Å². The Morgan fingerprint density at radius 2 is 1.64 bits per heavy atom. The summed E-state index contributed by atoms with van der Waals surface area (Å²) in [5, 5.41) is 41.9. The summed E-state index contributed by atoms with van der Waals surface area (Å²) < 4.78 is 5.79. The molecule has 5 N–H and O–H groups in total. The third kappa shape index (κ3) is 10.1. The number of hydrogen-bond donors (Lipinski definition) is 5. The minimum Gasteiger partial charge on any atom is -0.508 e. The summed E-state index contributed by atoms with van der Waals surface area (Å²) in [7, 11) is 0. The number of phenols is 1. The van der Waals surface area contributed by atoms with Gasteiger partial charge in [0.05, 0.1) is 18.3 Å². The first-order valence-electron chi connectivity index (χ1n) is 13.8. The average Bonchev–Trinajstić information content (AvgIpc) is 2.95. The molecule has 0 bridgehead atoms. The maximum absolute atomic E-state index is 11.5. The van der Waals surface area contributed by atoms with Gasteiger partial charge in [-0.25, -0.2) is 4.79 Å². The maximum atomic E-state index is 11.5. The number of aromatic carboxylic acids is 1. The first-order chi connectivity index (χ1) is 19.0. The molecule has 3 rings (SSSR count). The molecule has 0 aliphatic carbocycles. The van der Waals surface area contributed by atoms with Gasteiger partial charge in [0.1, 0.15) is 5.75 Å². The number of nitrogens with one attached hydrogen (secondary N) is 1. The number of aliphatic hydroxyl groups is 2. The fourth-order valence-corrected chi connectivity index (χ4v) is 4.55. The number of aromatic hydroxyl groups is 1. The highest BCUT2D eigenvalue weighted by atomic mass is 16.5. The second-order valence-electron chi connectivity index (χ2n) is 9.80. The number of aryl methyl sites for hydroxylation is 1. The van der Waals surface area contributed by atoms with E-state index in [0.717, 1.165) is 75.8 Å². The fourth-order valence-electron chi connectivity index (χ4n) is 4.55. The Kier molecular flexibility index (Phi) is 13.0. The van der Waals surface area contributed by atoms with E-state index in [2.05, 4.69) is 17.4 Å². The van der Waals surface area contributed by atoms with Crippen molar-refractivity contribution in [2.45, 2.75) is 57.7 Å². The highest BCUT2D eigenvalue weighted by Crippen LogP contribution is 2.25. The van der Waals surface area contributed by atoms with Crippen molar-refractivity contribution in [1.29, 1.82) is 0 Å². The van der Waals surface area contributed by atoms with E-state index in [1.165, 1.54) is 11.6 Å². The second kappa shape index (κ2) is 16.7. The standard InChI is InChI=1S/C32H41NO6/c34-23-27-21-26(15-16-30(27)35)31(36)22-33-17-6-1-2-7-18-39-19-8-5-10-24-11-9-12-25(20-24)28-13-3-4-14-29(28)32(37)38/h3-4,9,11-16,20-21,31,33-36H,1-2,5-8,10,17-19,22-23H2,(H,37,38)/t31-/m0/s1. The molecule has 1 atom stereocenters. The summed E-state index contributed by atoms with van der Waals surface area (Å²) in [4.78, 5) is 11.5. The van der Waals surface area contributed by atoms with Crippen LogP contribution < -0.4 is 5.32 Å². The molecule has 3 aromatic carbocycles. The Bertz CT molecular complexity index is 1160. The minimum atomic E-state index is -0.912. The summed E-state index contributed by atoms with van der Waals surface area (Å²) in [5.74, 6) is -0.876. The normalized spacial score (nSPS) is 11.9. The van der Waals surface area contributed by atoms with Crippen LogP contribution in [0.3, 0.4) is 0 Å². The third-order valence-corrected chi connectivity index (χ3v) is 6.79. The number of carboxylic acid groups (broad SMARTS) is 1. The van der Waals surface area contributed by atoms with E-state index < -0.39 is 12.1 Å². The monoisotopic (exact) mass is 535 g/mol. The number of aliphatic hydroxyl groups excluding tert-OH is 2. The van der Waals surface area contributed by atoms with Crippen LogP contribution in [0.15, 0.2) is 66.7 Å². The molecule has 0 aromatic heterocycles. The molecule has 0 fully saturated rings. The van der Waals surface area contributed by atoms with Crippen molar-refractivity contribution in [3.05, 3.63) is 89.0 Å². The molecule has 0 saturated heterocycles. The van der Waals surface area contributed by atoms with Crippen LogP contribution in [0.4, 0.5) is 0 Å². The van der Waals surface area contributed by atoms with Gasteiger partial charge in [0.15, 0.2) is 0 Å². The van der Waals surface area contributed by atoms with Gasteiger partial charge in [-0.2, -0.15) is 0 Å². The van der Waals surface area contributed by atoms with Gasteiger partial charge in [-0.15, -0.1) is 0 Å². The first-order valence-corrected chi connectivity index (χ1v) is 13.8. The van der Waals surface area contributed by atoms with E-state index in [9.17, 15) is 25.2 Å². The fraction of sp³-hybridized carbons (Fsp3) is 0.406. The van der Waals surface area contributed by atoms with Gasteiger partial charge in [-0.05, 0) is 79.1 Å². The number of unbranched alkanes of at least 4 members (excludes halogenated alkanes) is 4. The number of carboxylic acids is 1. The van der Waals surface area contributed by atoms with E-state index in [1.54, 1.807) is 24.3 Å². The van der Waals surface area contributed by atoms with Crippen molar-refractivity contribution in [3.63, 3.8) is 0 Å². The maximum Gasteiger partial charge on any atom is 0.336 e. The lowest BCUT2D eigenvalue weighted by Gasteiger charge is -2.14. The van der Waals surface area contributed by atoms with Crippen LogP contribution in [-0.2, 0) is 17.8 Å². The molecular weight excluding hydrogens is 494 g/mol. The molecular formula is C32H41NO6. The predicted molar refractivity (Wildman–Crippen MR) is 153 cm³/mol. The van der Waals surface area contributed by atoms with Gasteiger partial charge in [0.2, 0.25) is 0 Å². The molecule has 0 aliphatic rings. The zero-order valence-electron chi connectivity index (χ0n) is 22.5. The Labute approximate surface area is 231 Å². The quantitative estimate of drug-likeness (QED) is 0.137. The molecule has 0 amide bonds. The number of hydrogen-bond acceptors (Lipinski definition) is 6. The SMILES string of the molecule is O=C(O)c1ccccc1-c1cccc(CCCCOCCCCCCNC[C@H](O)c2ccc(O)c(CO)c2)c1. The molecule has 0 saturated carbocycles. The molecule has 210 valence electrons. The Balaban J connectivity index is 1.20. The van der Waals surface area contributed by atoms with Crippen LogP contribution in [0.25, 0.3) is 11.1 Å². The summed E-state index contributed by atoms with van der Waals surface area (Å²) in [6, 6.07) is 20.0. The van der Waals surface area contributed by atoms with Crippen LogP contribution in [0.2, 0.25) is 0 Å². The average molecular weight is 536 g/mol. The zero-order valence-corrected chi connectivity index (χ0v) is 22.5. The van der Waals surface area contributed by atoms with Crippen molar-refractivity contribution in [2.24, 2.45) is 0 Å². The number of carbonyl (C=O) groups is 1.